The van der Waals surface area contributed by atoms with Crippen LogP contribution in [0.25, 0.3) is 10.8 Å². The molecule has 6 nitrogen and oxygen atoms in total. The van der Waals surface area contributed by atoms with E-state index in [4.69, 9.17) is 14.2 Å². The molecule has 2 aromatic rings. The zero-order chi connectivity index (χ0) is 18.6. The van der Waals surface area contributed by atoms with E-state index in [2.05, 4.69) is 0 Å². The molecule has 0 fully saturated rings. The van der Waals surface area contributed by atoms with Crippen LogP contribution in [0.2, 0.25) is 0 Å². The van der Waals surface area contributed by atoms with Crippen molar-refractivity contribution in [2.45, 2.75) is 26.4 Å². The van der Waals surface area contributed by atoms with Crippen molar-refractivity contribution in [1.29, 1.82) is 0 Å². The highest BCUT2D eigenvalue weighted by Crippen LogP contribution is 2.40. The molecule has 0 heterocycles. The van der Waals surface area contributed by atoms with Gasteiger partial charge in [0, 0.05) is 6.92 Å². The van der Waals surface area contributed by atoms with Gasteiger partial charge in [-0.2, -0.15) is 0 Å². The summed E-state index contributed by atoms with van der Waals surface area (Å²) in [4.78, 5) is 37.1. The average Bonchev–Trinajstić information content (AvgIpc) is 2.58. The van der Waals surface area contributed by atoms with Gasteiger partial charge in [0.2, 0.25) is 0 Å². The van der Waals surface area contributed by atoms with Crippen LogP contribution in [0.1, 0.15) is 26.3 Å². The number of ketones is 1. The molecule has 6 heteroatoms. The molecule has 0 N–H and O–H groups in total. The molecule has 25 heavy (non-hydrogen) atoms. The van der Waals surface area contributed by atoms with Crippen molar-refractivity contribution >= 4 is 28.5 Å². The maximum absolute atomic E-state index is 12.8. The normalized spacial score (nSPS) is 13.0. The third-order valence-electron chi connectivity index (χ3n) is 3.82. The summed E-state index contributed by atoms with van der Waals surface area (Å²) in [5, 5.41) is 1.33. The predicted molar refractivity (Wildman–Crippen MR) is 91.3 cm³/mol. The van der Waals surface area contributed by atoms with E-state index in [0.717, 1.165) is 12.3 Å². The second-order valence-electron chi connectivity index (χ2n) is 5.42. The smallest absolute Gasteiger partial charge is 0.363 e. The quantitative estimate of drug-likeness (QED) is 0.592. The maximum atomic E-state index is 12.8. The summed E-state index contributed by atoms with van der Waals surface area (Å²) in [6.07, 6.45) is 0. The number of methoxy groups -OCH3 is 1. The van der Waals surface area contributed by atoms with Crippen molar-refractivity contribution in [1.82, 2.24) is 0 Å². The number of Topliss-reactive ketones (excluding diaryl/α,β-unsaturated/α-hetero) is 1. The molecule has 132 valence electrons. The van der Waals surface area contributed by atoms with Gasteiger partial charge in [-0.25, -0.2) is 4.79 Å². The van der Waals surface area contributed by atoms with E-state index in [9.17, 15) is 14.4 Å². The van der Waals surface area contributed by atoms with Crippen molar-refractivity contribution in [2.24, 2.45) is 0 Å². The SMILES string of the molecule is CCOC(=O)C(OC(C)=O)(C(C)=O)c1c(OC)ccc2ccccc12. The lowest BCUT2D eigenvalue weighted by Crippen LogP contribution is -2.47. The van der Waals surface area contributed by atoms with E-state index in [1.807, 2.05) is 12.1 Å². The van der Waals surface area contributed by atoms with Gasteiger partial charge >= 0.3 is 11.9 Å². The van der Waals surface area contributed by atoms with Crippen molar-refractivity contribution in [3.05, 3.63) is 42.0 Å². The monoisotopic (exact) mass is 344 g/mol. The van der Waals surface area contributed by atoms with Gasteiger partial charge in [-0.1, -0.05) is 30.3 Å². The number of hydrogen-bond donors (Lipinski definition) is 0. The number of hydrogen-bond acceptors (Lipinski definition) is 6. The Morgan fingerprint density at radius 3 is 2.28 bits per heavy atom. The van der Waals surface area contributed by atoms with E-state index in [1.165, 1.54) is 14.0 Å². The Labute approximate surface area is 145 Å². The first kappa shape index (κ1) is 18.4. The Bertz CT molecular complexity index is 826. The number of carbonyl (C=O) groups is 3. The number of carbonyl (C=O) groups excluding carboxylic acids is 3. The van der Waals surface area contributed by atoms with E-state index in [1.54, 1.807) is 31.2 Å². The van der Waals surface area contributed by atoms with Gasteiger partial charge in [0.15, 0.2) is 5.78 Å². The van der Waals surface area contributed by atoms with Crippen LogP contribution in [0.15, 0.2) is 36.4 Å². The van der Waals surface area contributed by atoms with Crippen LogP contribution in [0.3, 0.4) is 0 Å². The Morgan fingerprint density at radius 1 is 1.04 bits per heavy atom. The van der Waals surface area contributed by atoms with Gasteiger partial charge in [0.25, 0.3) is 5.60 Å². The number of rotatable bonds is 6. The minimum atomic E-state index is -2.23. The molecule has 0 aliphatic rings. The third-order valence-corrected chi connectivity index (χ3v) is 3.82. The Balaban J connectivity index is 2.94. The molecule has 0 aromatic heterocycles. The fraction of sp³-hybridized carbons (Fsp3) is 0.316. The second kappa shape index (κ2) is 7.34. The van der Waals surface area contributed by atoms with Gasteiger partial charge in [0.05, 0.1) is 19.3 Å². The van der Waals surface area contributed by atoms with E-state index < -0.39 is 23.3 Å². The topological polar surface area (TPSA) is 78.9 Å². The van der Waals surface area contributed by atoms with Crippen LogP contribution in [0, 0.1) is 0 Å². The fourth-order valence-electron chi connectivity index (χ4n) is 2.82. The average molecular weight is 344 g/mol. The van der Waals surface area contributed by atoms with Gasteiger partial charge in [0.1, 0.15) is 5.75 Å². The zero-order valence-corrected chi connectivity index (χ0v) is 14.6. The second-order valence-corrected chi connectivity index (χ2v) is 5.42. The Morgan fingerprint density at radius 2 is 1.72 bits per heavy atom. The molecule has 2 rings (SSSR count). The highest BCUT2D eigenvalue weighted by Gasteiger charge is 2.53. The molecule has 0 saturated heterocycles. The number of benzene rings is 2. The molecule has 0 radical (unpaired) electrons. The highest BCUT2D eigenvalue weighted by molar-refractivity contribution is 6.12. The first-order chi connectivity index (χ1) is 11.9. The molecule has 2 aromatic carbocycles. The molecular formula is C19H20O6. The van der Waals surface area contributed by atoms with Gasteiger partial charge < -0.3 is 14.2 Å². The first-order valence-electron chi connectivity index (χ1n) is 7.82. The molecule has 0 bridgehead atoms. The van der Waals surface area contributed by atoms with Crippen LogP contribution >= 0.6 is 0 Å². The summed E-state index contributed by atoms with van der Waals surface area (Å²) in [5.41, 5.74) is -2.07. The molecule has 1 unspecified atom stereocenters. The molecule has 1 atom stereocenters. The predicted octanol–water partition coefficient (Wildman–Crippen LogP) is 2.76. The summed E-state index contributed by atoms with van der Waals surface area (Å²) in [5.74, 6) is -2.15. The fourth-order valence-corrected chi connectivity index (χ4v) is 2.82. The van der Waals surface area contributed by atoms with Crippen molar-refractivity contribution in [3.63, 3.8) is 0 Å². The van der Waals surface area contributed by atoms with Gasteiger partial charge in [-0.15, -0.1) is 0 Å². The van der Waals surface area contributed by atoms with E-state index in [-0.39, 0.29) is 17.9 Å². The third kappa shape index (κ3) is 3.20. The molecule has 0 aliphatic carbocycles. The van der Waals surface area contributed by atoms with Gasteiger partial charge in [-0.3, -0.25) is 9.59 Å². The van der Waals surface area contributed by atoms with Crippen molar-refractivity contribution in [3.8, 4) is 5.75 Å². The van der Waals surface area contributed by atoms with Crippen LogP contribution in [-0.2, 0) is 29.5 Å². The van der Waals surface area contributed by atoms with Crippen molar-refractivity contribution in [2.75, 3.05) is 13.7 Å². The summed E-state index contributed by atoms with van der Waals surface area (Å²) in [6.45, 7) is 3.95. The van der Waals surface area contributed by atoms with Crippen LogP contribution in [-0.4, -0.2) is 31.4 Å². The minimum absolute atomic E-state index is 0.0300. The summed E-state index contributed by atoms with van der Waals surface area (Å²) in [7, 11) is 1.41. The molecule has 0 spiro atoms. The molecular weight excluding hydrogens is 324 g/mol. The number of fused-ring (bicyclic) bond motifs is 1. The summed E-state index contributed by atoms with van der Waals surface area (Å²) >= 11 is 0. The Hall–Kier alpha value is -2.89. The largest absolute Gasteiger partial charge is 0.496 e. The van der Waals surface area contributed by atoms with E-state index in [0.29, 0.717) is 5.39 Å². The minimum Gasteiger partial charge on any atom is -0.496 e. The van der Waals surface area contributed by atoms with Crippen molar-refractivity contribution < 1.29 is 28.6 Å². The molecule has 0 aliphatic heterocycles. The molecule has 0 amide bonds. The van der Waals surface area contributed by atoms with E-state index >= 15 is 0 Å². The summed E-state index contributed by atoms with van der Waals surface area (Å²) < 4.78 is 15.8. The highest BCUT2D eigenvalue weighted by atomic mass is 16.6. The summed E-state index contributed by atoms with van der Waals surface area (Å²) in [6, 6.07) is 10.6. The van der Waals surface area contributed by atoms with Crippen LogP contribution < -0.4 is 4.74 Å². The first-order valence-corrected chi connectivity index (χ1v) is 7.82. The van der Waals surface area contributed by atoms with Gasteiger partial charge in [-0.05, 0) is 30.7 Å². The lowest BCUT2D eigenvalue weighted by molar-refractivity contribution is -0.185. The standard InChI is InChI=1S/C19H20O6/c1-5-24-18(22)19(12(2)20,25-13(3)21)17-15-9-7-6-8-14(15)10-11-16(17)23-4/h6-11H,5H2,1-4H3. The Kier molecular flexibility index (Phi) is 5.41. The zero-order valence-electron chi connectivity index (χ0n) is 14.6. The number of esters is 2. The van der Waals surface area contributed by atoms with Crippen LogP contribution in [0.4, 0.5) is 0 Å². The number of ether oxygens (including phenoxy) is 3. The maximum Gasteiger partial charge on any atom is 0.363 e. The lowest BCUT2D eigenvalue weighted by Gasteiger charge is -2.30. The lowest BCUT2D eigenvalue weighted by atomic mass is 9.85. The molecule has 0 saturated carbocycles. The van der Waals surface area contributed by atoms with Crippen LogP contribution in [0.5, 0.6) is 5.75 Å².